The Kier molecular flexibility index (Phi) is 1.73. The molecule has 0 atom stereocenters. The first-order valence-electron chi connectivity index (χ1n) is 3.57. The predicted molar refractivity (Wildman–Crippen MR) is 48.3 cm³/mol. The molecule has 2 rings (SSSR count). The Hall–Kier alpha value is -1.09. The summed E-state index contributed by atoms with van der Waals surface area (Å²) in [5.41, 5.74) is 0. The van der Waals surface area contributed by atoms with Crippen molar-refractivity contribution in [3.63, 3.8) is 0 Å². The van der Waals surface area contributed by atoms with Crippen LogP contribution in [0.3, 0.4) is 0 Å². The van der Waals surface area contributed by atoms with Gasteiger partial charge < -0.3 is 5.11 Å². The van der Waals surface area contributed by atoms with Crippen molar-refractivity contribution in [3.8, 4) is 5.75 Å². The second kappa shape index (κ2) is 2.75. The first-order chi connectivity index (χ1) is 5.79. The number of hydrogen-bond donors (Lipinski definition) is 1. The monoisotopic (exact) mass is 182 g/mol. The summed E-state index contributed by atoms with van der Waals surface area (Å²) in [6, 6.07) is 6.86. The smallest absolute Gasteiger partial charge is 0.124 e. The minimum Gasteiger partial charge on any atom is -0.508 e. The van der Waals surface area contributed by atoms with Crippen molar-refractivity contribution in [1.29, 1.82) is 0 Å². The normalized spacial score (nSPS) is 10.8. The molecule has 0 saturated heterocycles. The van der Waals surface area contributed by atoms with Gasteiger partial charge >= 0.3 is 0 Å². The summed E-state index contributed by atoms with van der Waals surface area (Å²) < 4.78 is 13.1. The Morgan fingerprint density at radius 1 is 1.33 bits per heavy atom. The fourth-order valence-corrected chi connectivity index (χ4v) is 2.09. The molecule has 0 fully saturated rings. The van der Waals surface area contributed by atoms with Crippen LogP contribution in [0.2, 0.25) is 0 Å². The topological polar surface area (TPSA) is 20.2 Å². The minimum atomic E-state index is -0.430. The maximum Gasteiger partial charge on any atom is 0.124 e. The van der Waals surface area contributed by atoms with Crippen molar-refractivity contribution >= 4 is 21.4 Å². The van der Waals surface area contributed by atoms with Crippen molar-refractivity contribution in [2.45, 2.75) is 6.67 Å². The Bertz CT molecular complexity index is 408. The maximum absolute atomic E-state index is 12.2. The molecule has 0 saturated carbocycles. The molecule has 0 amide bonds. The van der Waals surface area contributed by atoms with Gasteiger partial charge in [0.15, 0.2) is 0 Å². The van der Waals surface area contributed by atoms with Crippen molar-refractivity contribution in [2.24, 2.45) is 0 Å². The summed E-state index contributed by atoms with van der Waals surface area (Å²) in [5, 5.41) is 10.1. The summed E-state index contributed by atoms with van der Waals surface area (Å²) in [6.45, 7) is -0.430. The Labute approximate surface area is 73.1 Å². The second-order valence-electron chi connectivity index (χ2n) is 2.57. The van der Waals surface area contributed by atoms with Crippen LogP contribution in [0.25, 0.3) is 10.1 Å². The van der Waals surface area contributed by atoms with Crippen LogP contribution in [0.5, 0.6) is 5.75 Å². The highest BCUT2D eigenvalue weighted by molar-refractivity contribution is 7.19. The van der Waals surface area contributed by atoms with E-state index < -0.39 is 6.67 Å². The zero-order chi connectivity index (χ0) is 8.55. The van der Waals surface area contributed by atoms with Gasteiger partial charge in [0, 0.05) is 9.58 Å². The molecule has 0 aliphatic carbocycles. The van der Waals surface area contributed by atoms with Crippen molar-refractivity contribution < 1.29 is 9.50 Å². The molecule has 0 radical (unpaired) electrons. The molecule has 0 bridgehead atoms. The molecular formula is C9H7FOS. The fraction of sp³-hybridized carbons (Fsp3) is 0.111. The van der Waals surface area contributed by atoms with Gasteiger partial charge in [-0.25, -0.2) is 4.39 Å². The molecule has 3 heteroatoms. The predicted octanol–water partition coefficient (Wildman–Crippen LogP) is 3.08. The van der Waals surface area contributed by atoms with Crippen LogP contribution >= 0.6 is 11.3 Å². The van der Waals surface area contributed by atoms with Gasteiger partial charge in [-0.2, -0.15) is 0 Å². The van der Waals surface area contributed by atoms with E-state index in [4.69, 9.17) is 5.11 Å². The summed E-state index contributed by atoms with van der Waals surface area (Å²) in [4.78, 5) is 0.704. The van der Waals surface area contributed by atoms with E-state index in [2.05, 4.69) is 0 Å². The number of hydrogen-bond acceptors (Lipinski definition) is 2. The second-order valence-corrected chi connectivity index (χ2v) is 3.74. The van der Waals surface area contributed by atoms with Gasteiger partial charge in [0.05, 0.1) is 0 Å². The highest BCUT2D eigenvalue weighted by atomic mass is 32.1. The molecular weight excluding hydrogens is 175 g/mol. The van der Waals surface area contributed by atoms with Gasteiger partial charge in [0.1, 0.15) is 12.4 Å². The van der Waals surface area contributed by atoms with Crippen molar-refractivity contribution in [3.05, 3.63) is 29.1 Å². The number of phenolic OH excluding ortho intramolecular Hbond substituents is 1. The number of benzene rings is 1. The zero-order valence-corrected chi connectivity index (χ0v) is 7.07. The number of rotatable bonds is 1. The highest BCUT2D eigenvalue weighted by Gasteiger charge is 2.01. The first-order valence-corrected chi connectivity index (χ1v) is 4.38. The average Bonchev–Trinajstić information content (AvgIpc) is 2.46. The largest absolute Gasteiger partial charge is 0.508 e. The van der Waals surface area contributed by atoms with E-state index in [0.29, 0.717) is 4.88 Å². The summed E-state index contributed by atoms with van der Waals surface area (Å²) in [5.74, 6) is 0.231. The third-order valence-electron chi connectivity index (χ3n) is 1.69. The molecule has 1 aromatic carbocycles. The zero-order valence-electron chi connectivity index (χ0n) is 6.25. The summed E-state index contributed by atoms with van der Waals surface area (Å²) >= 11 is 1.38. The van der Waals surface area contributed by atoms with Crippen LogP contribution in [-0.4, -0.2) is 5.11 Å². The maximum atomic E-state index is 12.2. The van der Waals surface area contributed by atoms with E-state index in [1.54, 1.807) is 24.3 Å². The molecule has 12 heavy (non-hydrogen) atoms. The van der Waals surface area contributed by atoms with E-state index >= 15 is 0 Å². The first kappa shape index (κ1) is 7.55. The molecule has 0 spiro atoms. The lowest BCUT2D eigenvalue weighted by Gasteiger charge is -1.89. The molecule has 1 nitrogen and oxygen atoms in total. The molecule has 0 aliphatic rings. The summed E-state index contributed by atoms with van der Waals surface area (Å²) in [6.07, 6.45) is 0. The number of fused-ring (bicyclic) bond motifs is 1. The van der Waals surface area contributed by atoms with Crippen LogP contribution in [0, 0.1) is 0 Å². The molecule has 1 N–H and O–H groups in total. The van der Waals surface area contributed by atoms with Crippen LogP contribution in [0.4, 0.5) is 4.39 Å². The Morgan fingerprint density at radius 3 is 2.92 bits per heavy atom. The number of thiophene rings is 1. The quantitative estimate of drug-likeness (QED) is 0.718. The Balaban J connectivity index is 2.67. The van der Waals surface area contributed by atoms with Crippen LogP contribution in [0.15, 0.2) is 24.3 Å². The molecule has 0 aliphatic heterocycles. The minimum absolute atomic E-state index is 0.231. The SMILES string of the molecule is Oc1ccc2cc(CF)sc2c1. The Morgan fingerprint density at radius 2 is 2.17 bits per heavy atom. The van der Waals surface area contributed by atoms with E-state index in [1.807, 2.05) is 0 Å². The molecule has 0 unspecified atom stereocenters. The van der Waals surface area contributed by atoms with E-state index in [9.17, 15) is 4.39 Å². The van der Waals surface area contributed by atoms with E-state index in [1.165, 1.54) is 11.3 Å². The summed E-state index contributed by atoms with van der Waals surface area (Å²) in [7, 11) is 0. The van der Waals surface area contributed by atoms with Crippen LogP contribution in [-0.2, 0) is 6.67 Å². The molecule has 2 aromatic rings. The van der Waals surface area contributed by atoms with Gasteiger partial charge in [0.25, 0.3) is 0 Å². The number of aromatic hydroxyl groups is 1. The van der Waals surface area contributed by atoms with Crippen molar-refractivity contribution in [1.82, 2.24) is 0 Å². The standard InChI is InChI=1S/C9H7FOS/c10-5-8-3-6-1-2-7(11)4-9(6)12-8/h1-4,11H,5H2. The lowest BCUT2D eigenvalue weighted by Crippen LogP contribution is -1.63. The third-order valence-corrected chi connectivity index (χ3v) is 2.75. The lowest BCUT2D eigenvalue weighted by atomic mass is 10.2. The molecule has 62 valence electrons. The van der Waals surface area contributed by atoms with E-state index in [0.717, 1.165) is 10.1 Å². The number of phenols is 1. The van der Waals surface area contributed by atoms with Gasteiger partial charge in [-0.3, -0.25) is 0 Å². The van der Waals surface area contributed by atoms with E-state index in [-0.39, 0.29) is 5.75 Å². The molecule has 1 aromatic heterocycles. The van der Waals surface area contributed by atoms with Crippen molar-refractivity contribution in [2.75, 3.05) is 0 Å². The van der Waals surface area contributed by atoms with Gasteiger partial charge in [0.2, 0.25) is 0 Å². The van der Waals surface area contributed by atoms with Crippen LogP contribution in [0.1, 0.15) is 4.88 Å². The number of halogens is 1. The van der Waals surface area contributed by atoms with Gasteiger partial charge in [-0.15, -0.1) is 11.3 Å². The number of alkyl halides is 1. The van der Waals surface area contributed by atoms with Gasteiger partial charge in [-0.05, 0) is 29.7 Å². The van der Waals surface area contributed by atoms with Crippen LogP contribution < -0.4 is 0 Å². The highest BCUT2D eigenvalue weighted by Crippen LogP contribution is 2.28. The fourth-order valence-electron chi connectivity index (χ4n) is 1.14. The van der Waals surface area contributed by atoms with Gasteiger partial charge in [-0.1, -0.05) is 0 Å². The molecule has 1 heterocycles. The average molecular weight is 182 g/mol. The lowest BCUT2D eigenvalue weighted by molar-refractivity contribution is 0.476. The third kappa shape index (κ3) is 1.16.